The van der Waals surface area contributed by atoms with Crippen LogP contribution in [0.5, 0.6) is 5.75 Å². The number of fused-ring (bicyclic) bond motifs is 1. The summed E-state index contributed by atoms with van der Waals surface area (Å²) in [5.74, 6) is 0.584. The zero-order valence-corrected chi connectivity index (χ0v) is 10.8. The number of nitrogens with zero attached hydrogens (tertiary/aromatic N) is 1. The molecular weight excluding hydrogens is 230 g/mol. The maximum absolute atomic E-state index is 11.8. The van der Waals surface area contributed by atoms with Gasteiger partial charge in [-0.1, -0.05) is 19.9 Å². The molecule has 2 rings (SSSR count). The molecule has 1 aliphatic rings. The molecule has 1 aromatic rings. The van der Waals surface area contributed by atoms with E-state index in [9.17, 15) is 9.90 Å². The van der Waals surface area contributed by atoms with E-state index in [1.165, 1.54) is 5.56 Å². The van der Waals surface area contributed by atoms with Gasteiger partial charge in [0.15, 0.2) is 0 Å². The van der Waals surface area contributed by atoms with Gasteiger partial charge in [-0.2, -0.15) is 0 Å². The Morgan fingerprint density at radius 2 is 2.22 bits per heavy atom. The highest BCUT2D eigenvalue weighted by molar-refractivity contribution is 5.68. The standard InChI is InChI=1S/C14H19NO3/c1-10(2)9-18-14(17)15-6-5-11-3-4-13(16)7-12(11)8-15/h3-4,7,10,16H,5-6,8-9H2,1-2H3. The molecule has 98 valence electrons. The summed E-state index contributed by atoms with van der Waals surface area (Å²) in [5.41, 5.74) is 2.20. The second-order valence-corrected chi connectivity index (χ2v) is 5.10. The fourth-order valence-electron chi connectivity index (χ4n) is 2.03. The van der Waals surface area contributed by atoms with Crippen LogP contribution in [0, 0.1) is 5.92 Å². The van der Waals surface area contributed by atoms with E-state index in [4.69, 9.17) is 4.74 Å². The average Bonchev–Trinajstić information content (AvgIpc) is 2.34. The summed E-state index contributed by atoms with van der Waals surface area (Å²) in [4.78, 5) is 13.5. The summed E-state index contributed by atoms with van der Waals surface area (Å²) in [6, 6.07) is 5.32. The van der Waals surface area contributed by atoms with Crippen LogP contribution >= 0.6 is 0 Å². The van der Waals surface area contributed by atoms with E-state index in [1.54, 1.807) is 17.0 Å². The van der Waals surface area contributed by atoms with Crippen molar-refractivity contribution >= 4 is 6.09 Å². The Morgan fingerprint density at radius 3 is 2.94 bits per heavy atom. The van der Waals surface area contributed by atoms with Gasteiger partial charge in [0.25, 0.3) is 0 Å². The minimum absolute atomic E-state index is 0.242. The van der Waals surface area contributed by atoms with Crippen LogP contribution in [-0.4, -0.2) is 29.3 Å². The molecule has 0 aliphatic carbocycles. The lowest BCUT2D eigenvalue weighted by molar-refractivity contribution is 0.0879. The minimum Gasteiger partial charge on any atom is -0.508 e. The van der Waals surface area contributed by atoms with Crippen LogP contribution < -0.4 is 0 Å². The van der Waals surface area contributed by atoms with Crippen LogP contribution in [0.25, 0.3) is 0 Å². The van der Waals surface area contributed by atoms with E-state index >= 15 is 0 Å². The van der Waals surface area contributed by atoms with Crippen LogP contribution in [0.15, 0.2) is 18.2 Å². The molecule has 1 aliphatic heterocycles. The zero-order chi connectivity index (χ0) is 13.1. The van der Waals surface area contributed by atoms with Gasteiger partial charge < -0.3 is 14.7 Å². The number of hydrogen-bond donors (Lipinski definition) is 1. The number of benzene rings is 1. The molecule has 4 nitrogen and oxygen atoms in total. The normalized spacial score (nSPS) is 14.5. The summed E-state index contributed by atoms with van der Waals surface area (Å²) < 4.78 is 5.21. The lowest BCUT2D eigenvalue weighted by atomic mass is 10.00. The number of phenols is 1. The third kappa shape index (κ3) is 2.94. The highest BCUT2D eigenvalue weighted by Gasteiger charge is 2.22. The van der Waals surface area contributed by atoms with Crippen LogP contribution in [-0.2, 0) is 17.7 Å². The van der Waals surface area contributed by atoms with E-state index in [0.29, 0.717) is 25.6 Å². The van der Waals surface area contributed by atoms with E-state index < -0.39 is 0 Å². The molecule has 0 atom stereocenters. The molecule has 4 heteroatoms. The highest BCUT2D eigenvalue weighted by atomic mass is 16.6. The lowest BCUT2D eigenvalue weighted by Crippen LogP contribution is -2.36. The first-order valence-electron chi connectivity index (χ1n) is 6.28. The van der Waals surface area contributed by atoms with Gasteiger partial charge in [-0.3, -0.25) is 0 Å². The van der Waals surface area contributed by atoms with Gasteiger partial charge in [0.2, 0.25) is 0 Å². The number of aromatic hydroxyl groups is 1. The van der Waals surface area contributed by atoms with Crippen LogP contribution in [0.1, 0.15) is 25.0 Å². The number of carbonyl (C=O) groups is 1. The largest absolute Gasteiger partial charge is 0.508 e. The van der Waals surface area contributed by atoms with Crippen molar-refractivity contribution in [1.29, 1.82) is 0 Å². The molecule has 0 unspecified atom stereocenters. The predicted octanol–water partition coefficient (Wildman–Crippen LogP) is 2.54. The van der Waals surface area contributed by atoms with E-state index in [0.717, 1.165) is 12.0 Å². The van der Waals surface area contributed by atoms with Crippen molar-refractivity contribution in [2.45, 2.75) is 26.8 Å². The van der Waals surface area contributed by atoms with Gasteiger partial charge >= 0.3 is 6.09 Å². The van der Waals surface area contributed by atoms with Crippen LogP contribution in [0.3, 0.4) is 0 Å². The molecule has 1 heterocycles. The van der Waals surface area contributed by atoms with Gasteiger partial charge in [-0.25, -0.2) is 4.79 Å². The molecule has 0 saturated heterocycles. The molecular formula is C14H19NO3. The fourth-order valence-corrected chi connectivity index (χ4v) is 2.03. The fraction of sp³-hybridized carbons (Fsp3) is 0.500. The second-order valence-electron chi connectivity index (χ2n) is 5.10. The van der Waals surface area contributed by atoms with Crippen molar-refractivity contribution in [3.05, 3.63) is 29.3 Å². The molecule has 0 fully saturated rings. The van der Waals surface area contributed by atoms with Crippen molar-refractivity contribution in [1.82, 2.24) is 4.90 Å². The molecule has 18 heavy (non-hydrogen) atoms. The van der Waals surface area contributed by atoms with Gasteiger partial charge in [-0.15, -0.1) is 0 Å². The average molecular weight is 249 g/mol. The van der Waals surface area contributed by atoms with Crippen molar-refractivity contribution in [2.75, 3.05) is 13.2 Å². The van der Waals surface area contributed by atoms with E-state index in [-0.39, 0.29) is 11.8 Å². The number of carbonyl (C=O) groups excluding carboxylic acids is 1. The Kier molecular flexibility index (Phi) is 3.75. The van der Waals surface area contributed by atoms with Gasteiger partial charge in [-0.05, 0) is 35.6 Å². The molecule has 1 N–H and O–H groups in total. The van der Waals surface area contributed by atoms with Crippen LogP contribution in [0.4, 0.5) is 4.79 Å². The first-order valence-corrected chi connectivity index (χ1v) is 6.28. The third-order valence-corrected chi connectivity index (χ3v) is 3.00. The maximum Gasteiger partial charge on any atom is 0.410 e. The molecule has 0 bridgehead atoms. The van der Waals surface area contributed by atoms with E-state index in [1.807, 2.05) is 19.9 Å². The first kappa shape index (κ1) is 12.7. The quantitative estimate of drug-likeness (QED) is 0.876. The molecule has 1 aromatic carbocycles. The van der Waals surface area contributed by atoms with Crippen molar-refractivity contribution in [2.24, 2.45) is 5.92 Å². The highest BCUT2D eigenvalue weighted by Crippen LogP contribution is 2.23. The molecule has 1 amide bonds. The topological polar surface area (TPSA) is 49.8 Å². The van der Waals surface area contributed by atoms with Gasteiger partial charge in [0.1, 0.15) is 5.75 Å². The van der Waals surface area contributed by atoms with E-state index in [2.05, 4.69) is 0 Å². The molecule has 0 aromatic heterocycles. The first-order chi connectivity index (χ1) is 8.56. The Bertz CT molecular complexity index is 443. The third-order valence-electron chi connectivity index (χ3n) is 3.00. The molecule has 0 spiro atoms. The summed E-state index contributed by atoms with van der Waals surface area (Å²) in [5, 5.41) is 9.45. The molecule has 0 saturated carbocycles. The number of amides is 1. The number of ether oxygens (including phenoxy) is 1. The van der Waals surface area contributed by atoms with Gasteiger partial charge in [0.05, 0.1) is 6.61 Å². The summed E-state index contributed by atoms with van der Waals surface area (Å²) in [6.45, 7) is 5.66. The second kappa shape index (κ2) is 5.29. The minimum atomic E-state index is -0.266. The Balaban J connectivity index is 2.00. The van der Waals surface area contributed by atoms with Gasteiger partial charge in [0, 0.05) is 13.1 Å². The molecule has 0 radical (unpaired) electrons. The Hall–Kier alpha value is -1.71. The monoisotopic (exact) mass is 249 g/mol. The lowest BCUT2D eigenvalue weighted by Gasteiger charge is -2.28. The van der Waals surface area contributed by atoms with Crippen molar-refractivity contribution in [3.63, 3.8) is 0 Å². The summed E-state index contributed by atoms with van der Waals surface area (Å²) >= 11 is 0. The number of hydrogen-bond acceptors (Lipinski definition) is 3. The van der Waals surface area contributed by atoms with Crippen molar-refractivity contribution < 1.29 is 14.6 Å². The Labute approximate surface area is 107 Å². The van der Waals surface area contributed by atoms with Crippen LogP contribution in [0.2, 0.25) is 0 Å². The Morgan fingerprint density at radius 1 is 1.44 bits per heavy atom. The SMILES string of the molecule is CC(C)COC(=O)N1CCc2ccc(O)cc2C1. The smallest absolute Gasteiger partial charge is 0.410 e. The maximum atomic E-state index is 11.8. The summed E-state index contributed by atoms with van der Waals surface area (Å²) in [7, 11) is 0. The number of rotatable bonds is 2. The zero-order valence-electron chi connectivity index (χ0n) is 10.8. The number of phenolic OH excluding ortho intramolecular Hbond substituents is 1. The summed E-state index contributed by atoms with van der Waals surface area (Å²) in [6.07, 6.45) is 0.546. The predicted molar refractivity (Wildman–Crippen MR) is 68.4 cm³/mol. The van der Waals surface area contributed by atoms with Crippen molar-refractivity contribution in [3.8, 4) is 5.75 Å².